The molecule has 0 radical (unpaired) electrons. The van der Waals surface area contributed by atoms with E-state index in [2.05, 4.69) is 20.8 Å². The minimum Gasteiger partial charge on any atom is -0.372 e. The summed E-state index contributed by atoms with van der Waals surface area (Å²) in [4.78, 5) is 60.6. The van der Waals surface area contributed by atoms with Crippen molar-refractivity contribution in [2.24, 2.45) is 11.1 Å². The second-order valence-electron chi connectivity index (χ2n) is 9.36. The predicted molar refractivity (Wildman–Crippen MR) is 130 cm³/mol. The number of hydrogen-bond acceptors (Lipinski definition) is 10. The van der Waals surface area contributed by atoms with Crippen LogP contribution in [0.3, 0.4) is 0 Å². The molecule has 0 aromatic carbocycles. The molecule has 0 unspecified atom stereocenters. The molecule has 0 aliphatic carbocycles. The van der Waals surface area contributed by atoms with Gasteiger partial charge in [-0.3, -0.25) is 30.0 Å². The zero-order chi connectivity index (χ0) is 26.2. The number of barbiturate groups is 1. The number of nitrogens with two attached hydrogens (primary N) is 1. The molecule has 192 valence electrons. The Hall–Kier alpha value is -4.10. The van der Waals surface area contributed by atoms with Crippen molar-refractivity contribution in [3.8, 4) is 11.3 Å². The number of carbonyl (C=O) groups excluding carboxylic acids is 4. The molecule has 3 aliphatic heterocycles. The highest BCUT2D eigenvalue weighted by molar-refractivity contribution is 6.38. The van der Waals surface area contributed by atoms with E-state index < -0.39 is 41.3 Å². The number of urea groups is 1. The summed E-state index contributed by atoms with van der Waals surface area (Å²) in [6.07, 6.45) is 0.449. The standard InChI is InChI=1S/C23H20ClN7O6.H2/c1-8-7-31-16-12(5-23(18(31)9(2)36-8)20(33)28-22(35)29-21(23)34)27-15-14(30-37-17(15)13(16)24)10-3-4-11(19(25)32)26-6-10;/h3-4,6,8-9,18H,5,7H2,1-2H3,(H2,25,32)(H2,28,29,33,34,35);1H/t8-,9+,18-;/m1./s1. The molecule has 0 bridgehead atoms. The summed E-state index contributed by atoms with van der Waals surface area (Å²) in [5.74, 6) is -2.15. The fraction of sp³-hybridized carbons (Fsp3) is 0.348. The van der Waals surface area contributed by atoms with Gasteiger partial charge in [-0.15, -0.1) is 0 Å². The lowest BCUT2D eigenvalue weighted by atomic mass is 9.67. The lowest BCUT2D eigenvalue weighted by Crippen LogP contribution is -2.75. The van der Waals surface area contributed by atoms with Crippen LogP contribution in [-0.2, 0) is 20.7 Å². The van der Waals surface area contributed by atoms with Crippen molar-refractivity contribution in [2.45, 2.75) is 38.5 Å². The molecule has 3 aromatic rings. The number of halogens is 1. The van der Waals surface area contributed by atoms with Gasteiger partial charge in [-0.1, -0.05) is 16.8 Å². The minimum atomic E-state index is -1.70. The first kappa shape index (κ1) is 23.3. The summed E-state index contributed by atoms with van der Waals surface area (Å²) in [7, 11) is 0. The molecule has 5 amide bonds. The molecule has 4 N–H and O–H groups in total. The van der Waals surface area contributed by atoms with Crippen LogP contribution in [-0.4, -0.2) is 63.7 Å². The fourth-order valence-electron chi connectivity index (χ4n) is 5.63. The van der Waals surface area contributed by atoms with Crippen molar-refractivity contribution in [3.05, 3.63) is 34.7 Å². The summed E-state index contributed by atoms with van der Waals surface area (Å²) in [6, 6.07) is 1.39. The van der Waals surface area contributed by atoms with Crippen LogP contribution >= 0.6 is 11.6 Å². The van der Waals surface area contributed by atoms with Gasteiger partial charge in [0.2, 0.25) is 17.4 Å². The van der Waals surface area contributed by atoms with Crippen LogP contribution in [0.15, 0.2) is 22.9 Å². The topological polar surface area (TPSA) is 183 Å². The van der Waals surface area contributed by atoms with Gasteiger partial charge in [0.25, 0.3) is 5.91 Å². The third-order valence-electron chi connectivity index (χ3n) is 7.07. The van der Waals surface area contributed by atoms with E-state index in [1.54, 1.807) is 13.0 Å². The van der Waals surface area contributed by atoms with Crippen LogP contribution in [0.5, 0.6) is 0 Å². The molecule has 3 aromatic heterocycles. The van der Waals surface area contributed by atoms with Gasteiger partial charge in [0.1, 0.15) is 21.9 Å². The molecular formula is C23H22ClN7O6. The maximum absolute atomic E-state index is 13.3. The normalized spacial score (nSPS) is 24.5. The number of pyridine rings is 2. The van der Waals surface area contributed by atoms with Crippen molar-refractivity contribution in [1.82, 2.24) is 25.8 Å². The van der Waals surface area contributed by atoms with E-state index in [-0.39, 0.29) is 35.8 Å². The Bertz CT molecular complexity index is 1510. The van der Waals surface area contributed by atoms with Crippen molar-refractivity contribution in [2.75, 3.05) is 11.4 Å². The largest absolute Gasteiger partial charge is 0.372 e. The first-order chi connectivity index (χ1) is 17.6. The number of ether oxygens (including phenoxy) is 1. The van der Waals surface area contributed by atoms with Gasteiger partial charge < -0.3 is 19.9 Å². The van der Waals surface area contributed by atoms with E-state index in [9.17, 15) is 19.2 Å². The smallest absolute Gasteiger partial charge is 0.328 e. The Kier molecular flexibility index (Phi) is 5.01. The van der Waals surface area contributed by atoms with E-state index in [1.807, 2.05) is 11.8 Å². The average Bonchev–Trinajstić information content (AvgIpc) is 3.26. The number of nitrogens with one attached hydrogen (secondary N) is 2. The highest BCUT2D eigenvalue weighted by Gasteiger charge is 2.63. The molecule has 2 saturated heterocycles. The lowest BCUT2D eigenvalue weighted by Gasteiger charge is -2.55. The van der Waals surface area contributed by atoms with Crippen molar-refractivity contribution in [3.63, 3.8) is 0 Å². The molecule has 14 heteroatoms. The van der Waals surface area contributed by atoms with E-state index in [4.69, 9.17) is 31.6 Å². The number of rotatable bonds is 2. The third-order valence-corrected chi connectivity index (χ3v) is 7.42. The van der Waals surface area contributed by atoms with E-state index in [0.717, 1.165) is 0 Å². The number of primary amides is 1. The number of morpholine rings is 1. The van der Waals surface area contributed by atoms with Gasteiger partial charge in [0, 0.05) is 26.2 Å². The third kappa shape index (κ3) is 3.23. The first-order valence-electron chi connectivity index (χ1n) is 11.4. The van der Waals surface area contributed by atoms with Crippen LogP contribution in [0.2, 0.25) is 5.02 Å². The van der Waals surface area contributed by atoms with Crippen molar-refractivity contribution < 1.29 is 29.9 Å². The number of hydrogen-bond donors (Lipinski definition) is 3. The van der Waals surface area contributed by atoms with Gasteiger partial charge >= 0.3 is 6.03 Å². The van der Waals surface area contributed by atoms with Gasteiger partial charge in [-0.2, -0.15) is 0 Å². The highest BCUT2D eigenvalue weighted by Crippen LogP contribution is 2.50. The van der Waals surface area contributed by atoms with E-state index >= 15 is 0 Å². The fourth-order valence-corrected chi connectivity index (χ4v) is 5.97. The number of imide groups is 2. The molecular weight excluding hydrogens is 506 g/mol. The zero-order valence-electron chi connectivity index (χ0n) is 19.6. The summed E-state index contributed by atoms with van der Waals surface area (Å²) in [6.45, 7) is 3.95. The van der Waals surface area contributed by atoms with Gasteiger partial charge in [0.15, 0.2) is 5.41 Å². The van der Waals surface area contributed by atoms with Crippen LogP contribution in [0, 0.1) is 5.41 Å². The molecule has 0 saturated carbocycles. The molecule has 3 atom stereocenters. The Morgan fingerprint density at radius 2 is 1.97 bits per heavy atom. The second kappa shape index (κ2) is 7.95. The number of carbonyl (C=O) groups is 4. The molecule has 6 rings (SSSR count). The second-order valence-corrected chi connectivity index (χ2v) is 9.74. The molecule has 2 fully saturated rings. The van der Waals surface area contributed by atoms with Crippen molar-refractivity contribution >= 4 is 52.1 Å². The SMILES string of the molecule is C[C@@H]1CN2c3c(nc4c(-c5ccc(C(N)=O)nc5)noc4c3Cl)CC3(C(=O)NC(=O)NC3=O)[C@H]2[C@H](C)O1.[HH]. The molecule has 3 aliphatic rings. The summed E-state index contributed by atoms with van der Waals surface area (Å²) in [5.41, 5.74) is 5.81. The maximum Gasteiger partial charge on any atom is 0.328 e. The van der Waals surface area contributed by atoms with E-state index in [0.29, 0.717) is 29.2 Å². The number of aromatic nitrogens is 3. The van der Waals surface area contributed by atoms with Crippen LogP contribution in [0.1, 0.15) is 31.5 Å². The number of nitrogens with zero attached hydrogens (tertiary/aromatic N) is 4. The summed E-state index contributed by atoms with van der Waals surface area (Å²) in [5, 5.41) is 8.81. The van der Waals surface area contributed by atoms with E-state index in [1.165, 1.54) is 12.3 Å². The quantitative estimate of drug-likeness (QED) is 0.409. The van der Waals surface area contributed by atoms with Gasteiger partial charge in [0.05, 0.1) is 29.6 Å². The summed E-state index contributed by atoms with van der Waals surface area (Å²) >= 11 is 6.88. The first-order valence-corrected chi connectivity index (χ1v) is 11.8. The van der Waals surface area contributed by atoms with Gasteiger partial charge in [-0.25, -0.2) is 9.78 Å². The minimum absolute atomic E-state index is 0. The Labute approximate surface area is 215 Å². The Morgan fingerprint density at radius 1 is 1.24 bits per heavy atom. The molecule has 37 heavy (non-hydrogen) atoms. The highest BCUT2D eigenvalue weighted by atomic mass is 35.5. The number of fused-ring (bicyclic) bond motifs is 5. The zero-order valence-corrected chi connectivity index (χ0v) is 20.3. The number of anilines is 1. The van der Waals surface area contributed by atoms with Crippen LogP contribution in [0.25, 0.3) is 22.4 Å². The maximum atomic E-state index is 13.3. The lowest BCUT2D eigenvalue weighted by molar-refractivity contribution is -0.153. The van der Waals surface area contributed by atoms with Crippen LogP contribution in [0.4, 0.5) is 10.5 Å². The van der Waals surface area contributed by atoms with Crippen molar-refractivity contribution in [1.29, 1.82) is 0 Å². The predicted octanol–water partition coefficient (Wildman–Crippen LogP) is 1.17. The van der Waals surface area contributed by atoms with Crippen LogP contribution < -0.4 is 21.3 Å². The van der Waals surface area contributed by atoms with Gasteiger partial charge in [-0.05, 0) is 26.0 Å². The average molecular weight is 528 g/mol. The Morgan fingerprint density at radius 3 is 2.62 bits per heavy atom. The number of amides is 5. The molecule has 6 heterocycles. The molecule has 1 spiro atoms. The summed E-state index contributed by atoms with van der Waals surface area (Å²) < 4.78 is 11.6. The monoisotopic (exact) mass is 527 g/mol. The molecule has 13 nitrogen and oxygen atoms in total. The Balaban J connectivity index is 0.00000294.